The molecule has 2 N–H and O–H groups in total. The second kappa shape index (κ2) is 8.63. The van der Waals surface area contributed by atoms with Gasteiger partial charge in [-0.2, -0.15) is 0 Å². The van der Waals surface area contributed by atoms with Gasteiger partial charge in [-0.05, 0) is 43.4 Å². The van der Waals surface area contributed by atoms with Crippen molar-refractivity contribution < 1.29 is 13.9 Å². The quantitative estimate of drug-likeness (QED) is 0.429. The second-order valence-electron chi connectivity index (χ2n) is 6.85. The summed E-state index contributed by atoms with van der Waals surface area (Å²) >= 11 is 0. The van der Waals surface area contributed by atoms with Crippen LogP contribution in [0.25, 0.3) is 0 Å². The number of aliphatic imine (C=N–C) groups is 1. The van der Waals surface area contributed by atoms with Crippen molar-refractivity contribution >= 4 is 5.96 Å². The Morgan fingerprint density at radius 1 is 1.40 bits per heavy atom. The summed E-state index contributed by atoms with van der Waals surface area (Å²) in [6, 6.07) is 6.94. The Kier molecular flexibility index (Phi) is 6.26. The molecule has 25 heavy (non-hydrogen) atoms. The summed E-state index contributed by atoms with van der Waals surface area (Å²) < 4.78 is 24.5. The normalized spacial score (nSPS) is 22.0. The first-order chi connectivity index (χ1) is 12.2. The van der Waals surface area contributed by atoms with Gasteiger partial charge >= 0.3 is 0 Å². The highest BCUT2D eigenvalue weighted by Crippen LogP contribution is 2.47. The van der Waals surface area contributed by atoms with Gasteiger partial charge in [-0.15, -0.1) is 0 Å². The average molecular weight is 349 g/mol. The lowest BCUT2D eigenvalue weighted by molar-refractivity contribution is 0.0420. The van der Waals surface area contributed by atoms with Gasteiger partial charge in [0, 0.05) is 38.8 Å². The van der Waals surface area contributed by atoms with Crippen molar-refractivity contribution in [3.63, 3.8) is 0 Å². The van der Waals surface area contributed by atoms with Crippen LogP contribution in [0.3, 0.4) is 0 Å². The van der Waals surface area contributed by atoms with Crippen LogP contribution in [0.5, 0.6) is 0 Å². The molecule has 0 spiro atoms. The molecule has 1 aromatic carbocycles. The van der Waals surface area contributed by atoms with E-state index in [9.17, 15) is 4.39 Å². The zero-order valence-electron chi connectivity index (χ0n) is 14.9. The SMILES string of the molecule is CN=C(NCCCOC1CCOC1)NCC1(c2cccc(F)c2)CC1. The molecule has 1 saturated carbocycles. The minimum Gasteiger partial charge on any atom is -0.379 e. The summed E-state index contributed by atoms with van der Waals surface area (Å²) in [5.74, 6) is 0.617. The van der Waals surface area contributed by atoms with Gasteiger partial charge in [-0.1, -0.05) is 12.1 Å². The van der Waals surface area contributed by atoms with Crippen molar-refractivity contribution in [2.24, 2.45) is 4.99 Å². The maximum atomic E-state index is 13.5. The molecule has 1 heterocycles. The van der Waals surface area contributed by atoms with Gasteiger partial charge in [-0.25, -0.2) is 4.39 Å². The van der Waals surface area contributed by atoms with Crippen LogP contribution in [0, 0.1) is 5.82 Å². The van der Waals surface area contributed by atoms with Crippen LogP contribution in [0.2, 0.25) is 0 Å². The third kappa shape index (κ3) is 5.16. The van der Waals surface area contributed by atoms with Gasteiger partial charge in [0.15, 0.2) is 5.96 Å². The molecule has 0 amide bonds. The lowest BCUT2D eigenvalue weighted by Gasteiger charge is -2.19. The van der Waals surface area contributed by atoms with Crippen LogP contribution in [0.15, 0.2) is 29.3 Å². The fraction of sp³-hybridized carbons (Fsp3) is 0.632. The highest BCUT2D eigenvalue weighted by Gasteiger charge is 2.44. The predicted octanol–water partition coefficient (Wildman–Crippen LogP) is 2.22. The summed E-state index contributed by atoms with van der Waals surface area (Å²) in [5.41, 5.74) is 1.12. The number of nitrogens with zero attached hydrogens (tertiary/aromatic N) is 1. The number of rotatable bonds is 8. The summed E-state index contributed by atoms with van der Waals surface area (Å²) in [6.07, 6.45) is 4.35. The van der Waals surface area contributed by atoms with Crippen molar-refractivity contribution in [2.45, 2.75) is 37.2 Å². The summed E-state index contributed by atoms with van der Waals surface area (Å²) in [5, 5.41) is 6.69. The van der Waals surface area contributed by atoms with Gasteiger partial charge in [0.1, 0.15) is 5.82 Å². The zero-order chi connectivity index (χ0) is 17.5. The largest absolute Gasteiger partial charge is 0.379 e. The Morgan fingerprint density at radius 2 is 2.28 bits per heavy atom. The topological polar surface area (TPSA) is 54.9 Å². The van der Waals surface area contributed by atoms with Gasteiger partial charge in [-0.3, -0.25) is 4.99 Å². The Hall–Kier alpha value is -1.66. The molecule has 0 aromatic heterocycles. The smallest absolute Gasteiger partial charge is 0.191 e. The number of hydrogen-bond donors (Lipinski definition) is 2. The monoisotopic (exact) mass is 349 g/mol. The molecular formula is C19H28FN3O2. The van der Waals surface area contributed by atoms with Crippen molar-refractivity contribution in [3.05, 3.63) is 35.6 Å². The molecule has 1 atom stereocenters. The fourth-order valence-corrected chi connectivity index (χ4v) is 3.18. The first kappa shape index (κ1) is 18.1. The van der Waals surface area contributed by atoms with E-state index in [2.05, 4.69) is 15.6 Å². The van der Waals surface area contributed by atoms with Crippen LogP contribution in [-0.2, 0) is 14.9 Å². The Labute approximate surface area is 149 Å². The Morgan fingerprint density at radius 3 is 2.96 bits per heavy atom. The second-order valence-corrected chi connectivity index (χ2v) is 6.85. The van der Waals surface area contributed by atoms with Crippen LogP contribution in [-0.4, -0.2) is 52.0 Å². The standard InChI is InChI=1S/C19H28FN3O2/c1-21-18(22-9-3-10-25-17-6-11-24-13-17)23-14-19(7-8-19)15-4-2-5-16(20)12-15/h2,4-5,12,17H,3,6-11,13-14H2,1H3,(H2,21,22,23). The van der Waals surface area contributed by atoms with E-state index in [1.165, 1.54) is 6.07 Å². The number of halogens is 1. The van der Waals surface area contributed by atoms with E-state index < -0.39 is 0 Å². The highest BCUT2D eigenvalue weighted by molar-refractivity contribution is 5.79. The number of nitrogens with one attached hydrogen (secondary N) is 2. The molecule has 1 aliphatic heterocycles. The summed E-state index contributed by atoms with van der Waals surface area (Å²) in [6.45, 7) is 3.84. The predicted molar refractivity (Wildman–Crippen MR) is 96.5 cm³/mol. The molecular weight excluding hydrogens is 321 g/mol. The van der Waals surface area contributed by atoms with Crippen molar-refractivity contribution in [1.82, 2.24) is 10.6 Å². The molecule has 2 aliphatic rings. The van der Waals surface area contributed by atoms with Crippen molar-refractivity contribution in [1.29, 1.82) is 0 Å². The lowest BCUT2D eigenvalue weighted by atomic mass is 9.96. The fourth-order valence-electron chi connectivity index (χ4n) is 3.18. The molecule has 2 fully saturated rings. The number of guanidine groups is 1. The van der Waals surface area contributed by atoms with Crippen LogP contribution < -0.4 is 10.6 Å². The third-order valence-electron chi connectivity index (χ3n) is 4.96. The maximum absolute atomic E-state index is 13.5. The zero-order valence-corrected chi connectivity index (χ0v) is 14.9. The minimum atomic E-state index is -0.168. The number of ether oxygens (including phenoxy) is 2. The maximum Gasteiger partial charge on any atom is 0.191 e. The summed E-state index contributed by atoms with van der Waals surface area (Å²) in [7, 11) is 1.77. The number of hydrogen-bond acceptors (Lipinski definition) is 3. The van der Waals surface area contributed by atoms with Crippen LogP contribution >= 0.6 is 0 Å². The minimum absolute atomic E-state index is 0.0469. The molecule has 1 unspecified atom stereocenters. The van der Waals surface area contributed by atoms with Gasteiger partial charge in [0.2, 0.25) is 0 Å². The first-order valence-electron chi connectivity index (χ1n) is 9.12. The van der Waals surface area contributed by atoms with Gasteiger partial charge in [0.25, 0.3) is 0 Å². The molecule has 1 aromatic rings. The lowest BCUT2D eigenvalue weighted by Crippen LogP contribution is -2.41. The van der Waals surface area contributed by atoms with Crippen molar-refractivity contribution in [3.8, 4) is 0 Å². The molecule has 3 rings (SSSR count). The first-order valence-corrected chi connectivity index (χ1v) is 9.12. The van der Waals surface area contributed by atoms with Crippen LogP contribution in [0.1, 0.15) is 31.2 Å². The molecule has 1 saturated heterocycles. The average Bonchev–Trinajstić information content (AvgIpc) is 3.24. The molecule has 1 aliphatic carbocycles. The molecule has 6 heteroatoms. The molecule has 5 nitrogen and oxygen atoms in total. The molecule has 0 radical (unpaired) electrons. The number of benzene rings is 1. The van der Waals surface area contributed by atoms with E-state index in [4.69, 9.17) is 9.47 Å². The summed E-state index contributed by atoms with van der Waals surface area (Å²) in [4.78, 5) is 4.26. The van der Waals surface area contributed by atoms with E-state index >= 15 is 0 Å². The van der Waals surface area contributed by atoms with E-state index in [0.29, 0.717) is 0 Å². The van der Waals surface area contributed by atoms with E-state index in [1.54, 1.807) is 19.2 Å². The third-order valence-corrected chi connectivity index (χ3v) is 4.96. The van der Waals surface area contributed by atoms with Gasteiger partial charge in [0.05, 0.1) is 12.7 Å². The molecule has 138 valence electrons. The van der Waals surface area contributed by atoms with E-state index in [1.807, 2.05) is 6.07 Å². The van der Waals surface area contributed by atoms with Crippen LogP contribution in [0.4, 0.5) is 4.39 Å². The van der Waals surface area contributed by atoms with Crippen molar-refractivity contribution in [2.75, 3.05) is 40.0 Å². The molecule has 0 bridgehead atoms. The van der Waals surface area contributed by atoms with Gasteiger partial charge < -0.3 is 20.1 Å². The van der Waals surface area contributed by atoms with E-state index in [0.717, 1.165) is 70.1 Å². The highest BCUT2D eigenvalue weighted by atomic mass is 19.1. The Bertz CT molecular complexity index is 584. The Balaban J connectivity index is 1.36. The van der Waals surface area contributed by atoms with E-state index in [-0.39, 0.29) is 17.3 Å².